The number of rotatable bonds is 1. The Morgan fingerprint density at radius 1 is 1.62 bits per heavy atom. The summed E-state index contributed by atoms with van der Waals surface area (Å²) in [5.74, 6) is -1.26. The third-order valence-corrected chi connectivity index (χ3v) is 1.75. The number of carboxylic acid groups (broad SMARTS) is 1. The first-order valence-electron chi connectivity index (χ1n) is 2.87. The maximum atomic E-state index is 10.5. The first-order chi connectivity index (χ1) is 5.52. The summed E-state index contributed by atoms with van der Waals surface area (Å²) in [7, 11) is 0. The van der Waals surface area contributed by atoms with E-state index in [1.165, 1.54) is 6.07 Å². The molecular formula is C6H5Cl2N2NaO2. The van der Waals surface area contributed by atoms with Crippen LogP contribution in [0.25, 0.3) is 0 Å². The van der Waals surface area contributed by atoms with Crippen LogP contribution in [0.4, 0.5) is 5.69 Å². The Morgan fingerprint density at radius 2 is 2.15 bits per heavy atom. The monoisotopic (exact) mass is 230 g/mol. The predicted octanol–water partition coefficient (Wildman–Crippen LogP) is -1.21. The van der Waals surface area contributed by atoms with Gasteiger partial charge in [0.1, 0.15) is 5.15 Å². The van der Waals surface area contributed by atoms with E-state index in [1.54, 1.807) is 0 Å². The smallest absolute Gasteiger partial charge is 1.00 e. The molecule has 1 heterocycles. The summed E-state index contributed by atoms with van der Waals surface area (Å²) in [4.78, 5) is 14.0. The molecule has 0 radical (unpaired) electrons. The zero-order chi connectivity index (χ0) is 9.30. The number of carbonyl (C=O) groups is 1. The van der Waals surface area contributed by atoms with Crippen molar-refractivity contribution >= 4 is 34.9 Å². The topological polar surface area (TPSA) is 76.2 Å². The van der Waals surface area contributed by atoms with Crippen molar-refractivity contribution in [2.45, 2.75) is 0 Å². The minimum absolute atomic E-state index is 0. The zero-order valence-electron chi connectivity index (χ0n) is 7.71. The van der Waals surface area contributed by atoms with Crippen molar-refractivity contribution < 1.29 is 40.9 Å². The molecule has 1 aromatic rings. The standard InChI is InChI=1S/C6H4Cl2N2O2.Na.H/c7-3-1-2(9)4(8)5(10-3)6(11)12;;/h1H,(H2,9,10)(H,11,12);;/q;+1;-1. The quantitative estimate of drug-likeness (QED) is 0.469. The third kappa shape index (κ3) is 3.00. The van der Waals surface area contributed by atoms with Crippen molar-refractivity contribution in [1.29, 1.82) is 0 Å². The van der Waals surface area contributed by atoms with Crippen molar-refractivity contribution in [1.82, 2.24) is 4.98 Å². The number of pyridine rings is 1. The summed E-state index contributed by atoms with van der Waals surface area (Å²) in [6.45, 7) is 0. The van der Waals surface area contributed by atoms with Gasteiger partial charge in [0, 0.05) is 0 Å². The molecule has 0 aromatic carbocycles. The fraction of sp³-hybridized carbons (Fsp3) is 0. The van der Waals surface area contributed by atoms with Crippen LogP contribution in [-0.2, 0) is 0 Å². The molecule has 1 aromatic heterocycles. The molecule has 66 valence electrons. The summed E-state index contributed by atoms with van der Waals surface area (Å²) >= 11 is 11.0. The average Bonchev–Trinajstić information content (AvgIpc) is 1.96. The maximum Gasteiger partial charge on any atom is 1.00 e. The van der Waals surface area contributed by atoms with Gasteiger partial charge < -0.3 is 12.3 Å². The molecule has 0 unspecified atom stereocenters. The number of hydrogen-bond acceptors (Lipinski definition) is 3. The Kier molecular flexibility index (Phi) is 5.02. The maximum absolute atomic E-state index is 10.5. The molecule has 0 atom stereocenters. The summed E-state index contributed by atoms with van der Waals surface area (Å²) in [5.41, 5.74) is 5.11. The van der Waals surface area contributed by atoms with Gasteiger partial charge in [0.15, 0.2) is 5.69 Å². The number of aromatic carboxylic acids is 1. The molecule has 13 heavy (non-hydrogen) atoms. The number of nitrogens with two attached hydrogens (primary N) is 1. The van der Waals surface area contributed by atoms with Crippen LogP contribution >= 0.6 is 23.2 Å². The number of hydrogen-bond donors (Lipinski definition) is 2. The number of anilines is 1. The fourth-order valence-electron chi connectivity index (χ4n) is 0.658. The van der Waals surface area contributed by atoms with Gasteiger partial charge in [0.2, 0.25) is 0 Å². The van der Waals surface area contributed by atoms with Crippen LogP contribution in [0.5, 0.6) is 0 Å². The fourth-order valence-corrected chi connectivity index (χ4v) is 1.04. The second-order valence-electron chi connectivity index (χ2n) is 2.00. The molecule has 0 saturated carbocycles. The van der Waals surface area contributed by atoms with Crippen molar-refractivity contribution in [2.24, 2.45) is 0 Å². The van der Waals surface area contributed by atoms with Crippen molar-refractivity contribution in [3.05, 3.63) is 21.9 Å². The van der Waals surface area contributed by atoms with Gasteiger partial charge in [-0.15, -0.1) is 0 Å². The van der Waals surface area contributed by atoms with Crippen LogP contribution in [0.3, 0.4) is 0 Å². The SMILES string of the molecule is Nc1cc(Cl)nc(C(=O)O)c1Cl.[H-].[Na+]. The van der Waals surface area contributed by atoms with Gasteiger partial charge in [-0.05, 0) is 6.07 Å². The van der Waals surface area contributed by atoms with Gasteiger partial charge in [-0.1, -0.05) is 23.2 Å². The molecule has 0 aliphatic rings. The first-order valence-corrected chi connectivity index (χ1v) is 3.62. The van der Waals surface area contributed by atoms with Gasteiger partial charge >= 0.3 is 35.5 Å². The number of nitrogen functional groups attached to an aromatic ring is 1. The Bertz CT molecular complexity index is 351. The molecule has 1 rings (SSSR count). The minimum Gasteiger partial charge on any atom is -1.00 e. The van der Waals surface area contributed by atoms with Crippen molar-refractivity contribution in [3.63, 3.8) is 0 Å². The van der Waals surface area contributed by atoms with Gasteiger partial charge in [-0.2, -0.15) is 0 Å². The number of carboxylic acids is 1. The number of halogens is 2. The number of nitrogens with zero attached hydrogens (tertiary/aromatic N) is 1. The molecule has 4 nitrogen and oxygen atoms in total. The molecule has 0 spiro atoms. The van der Waals surface area contributed by atoms with E-state index in [-0.39, 0.29) is 52.5 Å². The zero-order valence-corrected chi connectivity index (χ0v) is 10.2. The van der Waals surface area contributed by atoms with Crippen LogP contribution in [-0.4, -0.2) is 16.1 Å². The molecule has 0 aliphatic heterocycles. The Labute approximate surface area is 108 Å². The van der Waals surface area contributed by atoms with Gasteiger partial charge in [-0.3, -0.25) is 0 Å². The van der Waals surface area contributed by atoms with Gasteiger partial charge in [0.25, 0.3) is 0 Å². The van der Waals surface area contributed by atoms with E-state index in [4.69, 9.17) is 34.0 Å². The second-order valence-corrected chi connectivity index (χ2v) is 2.77. The summed E-state index contributed by atoms with van der Waals surface area (Å²) in [6.07, 6.45) is 0. The summed E-state index contributed by atoms with van der Waals surface area (Å²) in [6, 6.07) is 1.29. The van der Waals surface area contributed by atoms with Crippen LogP contribution in [0.15, 0.2) is 6.07 Å². The minimum atomic E-state index is -1.26. The molecule has 0 fully saturated rings. The average molecular weight is 231 g/mol. The van der Waals surface area contributed by atoms with Gasteiger partial charge in [0.05, 0.1) is 10.7 Å². The van der Waals surface area contributed by atoms with Crippen molar-refractivity contribution in [2.75, 3.05) is 5.73 Å². The van der Waals surface area contributed by atoms with E-state index >= 15 is 0 Å². The van der Waals surface area contributed by atoms with E-state index in [0.29, 0.717) is 0 Å². The molecule has 0 saturated heterocycles. The molecule has 0 aliphatic carbocycles. The third-order valence-electron chi connectivity index (χ3n) is 1.16. The Balaban J connectivity index is 0. The van der Waals surface area contributed by atoms with Crippen LogP contribution < -0.4 is 35.3 Å². The molecule has 3 N–H and O–H groups in total. The van der Waals surface area contributed by atoms with E-state index in [0.717, 1.165) is 0 Å². The molecule has 0 amide bonds. The molecular weight excluding hydrogens is 226 g/mol. The number of aromatic nitrogens is 1. The predicted molar refractivity (Wildman–Crippen MR) is 46.7 cm³/mol. The second kappa shape index (κ2) is 5.02. The molecule has 0 bridgehead atoms. The van der Waals surface area contributed by atoms with E-state index in [9.17, 15) is 4.79 Å². The van der Waals surface area contributed by atoms with E-state index in [2.05, 4.69) is 4.98 Å². The largest absolute Gasteiger partial charge is 1.00 e. The van der Waals surface area contributed by atoms with E-state index in [1.807, 2.05) is 0 Å². The Morgan fingerprint density at radius 3 is 2.62 bits per heavy atom. The molecule has 7 heteroatoms. The van der Waals surface area contributed by atoms with Crippen LogP contribution in [0, 0.1) is 0 Å². The summed E-state index contributed by atoms with van der Waals surface area (Å²) in [5, 5.41) is 8.47. The van der Waals surface area contributed by atoms with Crippen LogP contribution in [0.1, 0.15) is 11.9 Å². The summed E-state index contributed by atoms with van der Waals surface area (Å²) < 4.78 is 0. The Hall–Kier alpha value is 0. The normalized spacial score (nSPS) is 9.08. The van der Waals surface area contributed by atoms with Gasteiger partial charge in [-0.25, -0.2) is 9.78 Å². The van der Waals surface area contributed by atoms with Crippen LogP contribution in [0.2, 0.25) is 10.2 Å². The van der Waals surface area contributed by atoms with Crippen molar-refractivity contribution in [3.8, 4) is 0 Å². The first kappa shape index (κ1) is 13.0. The van der Waals surface area contributed by atoms with E-state index < -0.39 is 5.97 Å².